The van der Waals surface area contributed by atoms with Crippen molar-refractivity contribution in [2.24, 2.45) is 0 Å². The number of rotatable bonds is 2. The zero-order valence-corrected chi connectivity index (χ0v) is 12.6. The van der Waals surface area contributed by atoms with E-state index in [1.54, 1.807) is 11.3 Å². The lowest BCUT2D eigenvalue weighted by atomic mass is 10.1. The summed E-state index contributed by atoms with van der Waals surface area (Å²) in [6, 6.07) is 9.82. The molecule has 0 aliphatic carbocycles. The van der Waals surface area contributed by atoms with Crippen molar-refractivity contribution < 1.29 is 5.11 Å². The van der Waals surface area contributed by atoms with E-state index in [9.17, 15) is 5.11 Å². The maximum atomic E-state index is 10.2. The predicted molar refractivity (Wildman–Crippen MR) is 75.0 cm³/mol. The van der Waals surface area contributed by atoms with E-state index in [4.69, 9.17) is 0 Å². The highest BCUT2D eigenvalue weighted by molar-refractivity contribution is 9.11. The van der Waals surface area contributed by atoms with Crippen LogP contribution in [0.1, 0.15) is 22.1 Å². The van der Waals surface area contributed by atoms with Gasteiger partial charge in [-0.3, -0.25) is 0 Å². The molecule has 0 aliphatic rings. The molecule has 0 spiro atoms. The summed E-state index contributed by atoms with van der Waals surface area (Å²) in [5.74, 6) is 0. The van der Waals surface area contributed by atoms with Crippen LogP contribution >= 0.6 is 43.2 Å². The highest BCUT2D eigenvalue weighted by atomic mass is 79.9. The van der Waals surface area contributed by atoms with Gasteiger partial charge in [-0.15, -0.1) is 11.3 Å². The Morgan fingerprint density at radius 1 is 1.19 bits per heavy atom. The Balaban J connectivity index is 2.33. The molecule has 0 radical (unpaired) electrons. The minimum atomic E-state index is -0.548. The number of aryl methyl sites for hydroxylation is 1. The topological polar surface area (TPSA) is 20.2 Å². The van der Waals surface area contributed by atoms with E-state index in [1.165, 1.54) is 5.56 Å². The first-order valence-corrected chi connectivity index (χ1v) is 7.17. The molecule has 2 aromatic rings. The van der Waals surface area contributed by atoms with Crippen LogP contribution in [0, 0.1) is 6.92 Å². The molecule has 0 saturated carbocycles. The molecule has 2 rings (SSSR count). The van der Waals surface area contributed by atoms with Crippen molar-refractivity contribution in [3.05, 3.63) is 54.6 Å². The quantitative estimate of drug-likeness (QED) is 0.824. The zero-order valence-electron chi connectivity index (χ0n) is 8.58. The van der Waals surface area contributed by atoms with E-state index in [0.717, 1.165) is 18.7 Å². The summed E-state index contributed by atoms with van der Waals surface area (Å²) in [6.07, 6.45) is -0.548. The van der Waals surface area contributed by atoms with E-state index in [1.807, 2.05) is 37.3 Å². The molecule has 0 bridgehead atoms. The first-order valence-electron chi connectivity index (χ1n) is 4.77. The molecule has 4 heteroatoms. The molecule has 0 fully saturated rings. The minimum Gasteiger partial charge on any atom is -0.383 e. The van der Waals surface area contributed by atoms with Crippen LogP contribution in [0.2, 0.25) is 0 Å². The first kappa shape index (κ1) is 12.3. The number of halogens is 2. The third kappa shape index (κ3) is 2.56. The van der Waals surface area contributed by atoms with Gasteiger partial charge in [-0.2, -0.15) is 0 Å². The number of thiophene rings is 1. The number of benzene rings is 1. The Labute approximate surface area is 115 Å². The van der Waals surface area contributed by atoms with Gasteiger partial charge in [-0.1, -0.05) is 28.1 Å². The zero-order chi connectivity index (χ0) is 11.7. The van der Waals surface area contributed by atoms with Crippen LogP contribution in [-0.2, 0) is 0 Å². The average Bonchev–Trinajstić information content (AvgIpc) is 2.68. The second kappa shape index (κ2) is 5.00. The molecular weight excluding hydrogens is 352 g/mol. The van der Waals surface area contributed by atoms with Crippen LogP contribution in [0.4, 0.5) is 0 Å². The average molecular weight is 362 g/mol. The van der Waals surface area contributed by atoms with Gasteiger partial charge >= 0.3 is 0 Å². The Morgan fingerprint density at radius 2 is 1.94 bits per heavy atom. The third-order valence-corrected chi connectivity index (χ3v) is 4.91. The van der Waals surface area contributed by atoms with E-state index in [-0.39, 0.29) is 0 Å². The summed E-state index contributed by atoms with van der Waals surface area (Å²) < 4.78 is 2.06. The number of aliphatic hydroxyl groups excluding tert-OH is 1. The second-order valence-corrected chi connectivity index (χ2v) is 6.90. The summed E-state index contributed by atoms with van der Waals surface area (Å²) in [5.41, 5.74) is 2.08. The summed E-state index contributed by atoms with van der Waals surface area (Å²) in [5, 5.41) is 10.2. The third-order valence-electron chi connectivity index (χ3n) is 2.38. The fraction of sp³-hybridized carbons (Fsp3) is 0.167. The number of aliphatic hydroxyl groups is 1. The van der Waals surface area contributed by atoms with Crippen molar-refractivity contribution in [1.82, 2.24) is 0 Å². The van der Waals surface area contributed by atoms with Gasteiger partial charge in [0.05, 0.1) is 3.79 Å². The summed E-state index contributed by atoms with van der Waals surface area (Å²) in [6.45, 7) is 2.03. The number of hydrogen-bond donors (Lipinski definition) is 1. The van der Waals surface area contributed by atoms with Crippen molar-refractivity contribution in [1.29, 1.82) is 0 Å². The van der Waals surface area contributed by atoms with Crippen LogP contribution in [0.15, 0.2) is 38.6 Å². The van der Waals surface area contributed by atoms with Gasteiger partial charge in [0.2, 0.25) is 0 Å². The predicted octanol–water partition coefficient (Wildman–Crippen LogP) is 4.66. The molecular formula is C12H10Br2OS. The van der Waals surface area contributed by atoms with Crippen molar-refractivity contribution in [2.45, 2.75) is 13.0 Å². The van der Waals surface area contributed by atoms with Crippen LogP contribution in [0.25, 0.3) is 0 Å². The summed E-state index contributed by atoms with van der Waals surface area (Å²) in [4.78, 5) is 0.947. The van der Waals surface area contributed by atoms with Gasteiger partial charge in [0, 0.05) is 9.35 Å². The van der Waals surface area contributed by atoms with E-state index >= 15 is 0 Å². The maximum Gasteiger partial charge on any atom is 0.113 e. The van der Waals surface area contributed by atoms with Gasteiger partial charge in [-0.05, 0) is 52.2 Å². The Hall–Kier alpha value is -0.160. The van der Waals surface area contributed by atoms with Gasteiger partial charge in [-0.25, -0.2) is 0 Å². The Kier molecular flexibility index (Phi) is 3.85. The molecule has 1 unspecified atom stereocenters. The number of hydrogen-bond acceptors (Lipinski definition) is 2. The summed E-state index contributed by atoms with van der Waals surface area (Å²) >= 11 is 8.42. The monoisotopic (exact) mass is 360 g/mol. The van der Waals surface area contributed by atoms with Crippen LogP contribution < -0.4 is 0 Å². The molecule has 1 nitrogen and oxygen atoms in total. The Bertz CT molecular complexity index is 507. The molecule has 84 valence electrons. The van der Waals surface area contributed by atoms with Crippen molar-refractivity contribution in [3.63, 3.8) is 0 Å². The molecule has 1 N–H and O–H groups in total. The van der Waals surface area contributed by atoms with Crippen molar-refractivity contribution in [3.8, 4) is 0 Å². The van der Waals surface area contributed by atoms with Gasteiger partial charge in [0.1, 0.15) is 6.10 Å². The lowest BCUT2D eigenvalue weighted by molar-refractivity contribution is 0.224. The lowest BCUT2D eigenvalue weighted by Crippen LogP contribution is -1.97. The van der Waals surface area contributed by atoms with E-state index < -0.39 is 6.10 Å². The van der Waals surface area contributed by atoms with Crippen LogP contribution in [-0.4, -0.2) is 5.11 Å². The second-order valence-electron chi connectivity index (χ2n) is 3.55. The molecule has 1 heterocycles. The van der Waals surface area contributed by atoms with E-state index in [0.29, 0.717) is 0 Å². The molecule has 1 aromatic carbocycles. The van der Waals surface area contributed by atoms with Crippen LogP contribution in [0.3, 0.4) is 0 Å². The standard InChI is InChI=1S/C12H10Br2OS/c1-7-2-3-8(6-9(7)13)12(15)10-4-5-11(14)16-10/h2-6,12,15H,1H3. The first-order chi connectivity index (χ1) is 7.58. The fourth-order valence-corrected chi connectivity index (χ4v) is 3.25. The largest absolute Gasteiger partial charge is 0.383 e. The van der Waals surface area contributed by atoms with Crippen LogP contribution in [0.5, 0.6) is 0 Å². The van der Waals surface area contributed by atoms with E-state index in [2.05, 4.69) is 31.9 Å². The Morgan fingerprint density at radius 3 is 2.50 bits per heavy atom. The molecule has 16 heavy (non-hydrogen) atoms. The van der Waals surface area contributed by atoms with Gasteiger partial charge in [0.15, 0.2) is 0 Å². The van der Waals surface area contributed by atoms with Gasteiger partial charge in [0.25, 0.3) is 0 Å². The maximum absolute atomic E-state index is 10.2. The smallest absolute Gasteiger partial charge is 0.113 e. The molecule has 1 atom stereocenters. The van der Waals surface area contributed by atoms with Gasteiger partial charge < -0.3 is 5.11 Å². The van der Waals surface area contributed by atoms with Crippen molar-refractivity contribution in [2.75, 3.05) is 0 Å². The fourth-order valence-electron chi connectivity index (χ4n) is 1.42. The molecule has 0 saturated heterocycles. The SMILES string of the molecule is Cc1ccc(C(O)c2ccc(Br)s2)cc1Br. The highest BCUT2D eigenvalue weighted by Gasteiger charge is 2.13. The lowest BCUT2D eigenvalue weighted by Gasteiger charge is -2.10. The summed E-state index contributed by atoms with van der Waals surface area (Å²) in [7, 11) is 0. The molecule has 0 aliphatic heterocycles. The highest BCUT2D eigenvalue weighted by Crippen LogP contribution is 2.32. The molecule has 0 amide bonds. The normalized spacial score (nSPS) is 12.8. The van der Waals surface area contributed by atoms with Crippen molar-refractivity contribution >= 4 is 43.2 Å². The molecule has 1 aromatic heterocycles. The minimum absolute atomic E-state index is 0.548.